The molecule has 5 heteroatoms. The Morgan fingerprint density at radius 2 is 1.80 bits per heavy atom. The molecule has 0 amide bonds. The van der Waals surface area contributed by atoms with Crippen LogP contribution in [0, 0.1) is 0 Å². The third-order valence-electron chi connectivity index (χ3n) is 1.79. The molecule has 1 aromatic heterocycles. The summed E-state index contributed by atoms with van der Waals surface area (Å²) in [5, 5.41) is 0. The molecule has 2 N–H and O–H groups in total. The number of nitrogens with zero attached hydrogens (tertiary/aromatic N) is 1. The summed E-state index contributed by atoms with van der Waals surface area (Å²) in [5.41, 5.74) is -0.942. The van der Waals surface area contributed by atoms with Crippen LogP contribution in [0.1, 0.15) is 0 Å². The molecular weight excluding hydrogens is 194 g/mol. The number of nitrogens with one attached hydrogen (secondary N) is 2. The van der Waals surface area contributed by atoms with Crippen LogP contribution in [0.4, 0.5) is 5.82 Å². The zero-order valence-corrected chi connectivity index (χ0v) is 8.32. The van der Waals surface area contributed by atoms with Crippen LogP contribution in [0.3, 0.4) is 0 Å². The van der Waals surface area contributed by atoms with Crippen molar-refractivity contribution in [1.82, 2.24) is 9.97 Å². The fourth-order valence-electron chi connectivity index (χ4n) is 1.21. The summed E-state index contributed by atoms with van der Waals surface area (Å²) < 4.78 is 0. The van der Waals surface area contributed by atoms with Gasteiger partial charge in [-0.3, -0.25) is 14.8 Å². The molecule has 0 unspecified atom stereocenters. The highest BCUT2D eigenvalue weighted by Gasteiger charge is 2.04. The van der Waals surface area contributed by atoms with Gasteiger partial charge < -0.3 is 4.90 Å². The van der Waals surface area contributed by atoms with Crippen LogP contribution in [0.5, 0.6) is 0 Å². The number of hydrogen-bond acceptors (Lipinski definition) is 3. The molecule has 0 atom stereocenters. The Kier molecular flexibility index (Phi) is 3.68. The summed E-state index contributed by atoms with van der Waals surface area (Å²) in [6.45, 7) is 8.26. The molecule has 1 heterocycles. The molecule has 0 radical (unpaired) electrons. The number of hydrogen-bond donors (Lipinski definition) is 2. The monoisotopic (exact) mass is 207 g/mol. The molecule has 15 heavy (non-hydrogen) atoms. The fraction of sp³-hybridized carbons (Fsp3) is 0.200. The molecular formula is C10H13N3O2. The Hall–Kier alpha value is -2.04. The SMILES string of the molecule is C=CCN(CC=C)c1cc(=O)[nH]c(=O)[nH]1. The average Bonchev–Trinajstić information content (AvgIpc) is 2.16. The molecule has 0 aliphatic heterocycles. The molecule has 1 rings (SSSR count). The Morgan fingerprint density at radius 3 is 2.27 bits per heavy atom. The van der Waals surface area contributed by atoms with Gasteiger partial charge in [-0.05, 0) is 0 Å². The first-order valence-electron chi connectivity index (χ1n) is 4.47. The number of H-pyrrole nitrogens is 2. The lowest BCUT2D eigenvalue weighted by molar-refractivity contribution is 0.895. The molecule has 0 spiro atoms. The number of rotatable bonds is 5. The molecule has 0 bridgehead atoms. The van der Waals surface area contributed by atoms with E-state index in [2.05, 4.69) is 23.1 Å². The maximum atomic E-state index is 11.1. The van der Waals surface area contributed by atoms with E-state index in [-0.39, 0.29) is 0 Å². The number of anilines is 1. The topological polar surface area (TPSA) is 69.0 Å². The highest BCUT2D eigenvalue weighted by Crippen LogP contribution is 2.04. The number of aromatic nitrogens is 2. The van der Waals surface area contributed by atoms with E-state index in [9.17, 15) is 9.59 Å². The lowest BCUT2D eigenvalue weighted by Gasteiger charge is -2.19. The van der Waals surface area contributed by atoms with E-state index in [1.54, 1.807) is 17.1 Å². The third-order valence-corrected chi connectivity index (χ3v) is 1.79. The van der Waals surface area contributed by atoms with E-state index < -0.39 is 11.2 Å². The summed E-state index contributed by atoms with van der Waals surface area (Å²) in [6, 6.07) is 1.33. The summed E-state index contributed by atoms with van der Waals surface area (Å²) >= 11 is 0. The van der Waals surface area contributed by atoms with Gasteiger partial charge in [-0.2, -0.15) is 0 Å². The Bertz CT molecular complexity index is 420. The van der Waals surface area contributed by atoms with E-state index in [1.165, 1.54) is 6.07 Å². The molecule has 0 saturated carbocycles. The zero-order valence-electron chi connectivity index (χ0n) is 8.32. The fourth-order valence-corrected chi connectivity index (χ4v) is 1.21. The lowest BCUT2D eigenvalue weighted by Crippen LogP contribution is -2.30. The van der Waals surface area contributed by atoms with Gasteiger partial charge in [0.15, 0.2) is 0 Å². The average molecular weight is 207 g/mol. The van der Waals surface area contributed by atoms with E-state index in [4.69, 9.17) is 0 Å². The molecule has 0 aromatic carbocycles. The summed E-state index contributed by atoms with van der Waals surface area (Å²) in [7, 11) is 0. The van der Waals surface area contributed by atoms with Crippen molar-refractivity contribution in [3.63, 3.8) is 0 Å². The van der Waals surface area contributed by atoms with Crippen LogP contribution in [-0.4, -0.2) is 23.1 Å². The minimum absolute atomic E-state index is 0.424. The van der Waals surface area contributed by atoms with Crippen molar-refractivity contribution < 1.29 is 0 Å². The molecule has 0 saturated heterocycles. The Morgan fingerprint density at radius 1 is 1.20 bits per heavy atom. The number of aromatic amines is 2. The van der Waals surface area contributed by atoms with E-state index in [1.807, 2.05) is 0 Å². The van der Waals surface area contributed by atoms with Gasteiger partial charge in [-0.25, -0.2) is 4.79 Å². The van der Waals surface area contributed by atoms with Gasteiger partial charge in [-0.15, -0.1) is 13.2 Å². The van der Waals surface area contributed by atoms with Crippen molar-refractivity contribution in [2.75, 3.05) is 18.0 Å². The molecule has 80 valence electrons. The largest absolute Gasteiger partial charge is 0.350 e. The molecule has 0 aliphatic rings. The second kappa shape index (κ2) is 4.99. The minimum atomic E-state index is -0.518. The van der Waals surface area contributed by atoms with Crippen molar-refractivity contribution in [2.24, 2.45) is 0 Å². The van der Waals surface area contributed by atoms with E-state index in [0.717, 1.165) is 0 Å². The molecule has 0 aliphatic carbocycles. The summed E-state index contributed by atoms with van der Waals surface area (Å²) in [6.07, 6.45) is 3.37. The highest BCUT2D eigenvalue weighted by molar-refractivity contribution is 5.38. The van der Waals surface area contributed by atoms with Crippen LogP contribution in [-0.2, 0) is 0 Å². The maximum absolute atomic E-state index is 11.1. The van der Waals surface area contributed by atoms with E-state index in [0.29, 0.717) is 18.9 Å². The Balaban J connectivity index is 3.09. The predicted octanol–water partition coefficient (Wildman–Crippen LogP) is 0.242. The molecule has 1 aromatic rings. The van der Waals surface area contributed by atoms with E-state index >= 15 is 0 Å². The van der Waals surface area contributed by atoms with Crippen LogP contribution >= 0.6 is 0 Å². The van der Waals surface area contributed by atoms with Crippen molar-refractivity contribution >= 4 is 5.82 Å². The zero-order chi connectivity index (χ0) is 11.3. The summed E-state index contributed by atoms with van der Waals surface area (Å²) in [4.78, 5) is 28.5. The van der Waals surface area contributed by atoms with Gasteiger partial charge in [0, 0.05) is 19.2 Å². The van der Waals surface area contributed by atoms with Crippen LogP contribution in [0.2, 0.25) is 0 Å². The Labute approximate surface area is 86.8 Å². The normalized spacial score (nSPS) is 9.60. The van der Waals surface area contributed by atoms with Crippen LogP contribution in [0.25, 0.3) is 0 Å². The lowest BCUT2D eigenvalue weighted by atomic mass is 10.4. The van der Waals surface area contributed by atoms with Gasteiger partial charge >= 0.3 is 5.69 Å². The quantitative estimate of drug-likeness (QED) is 0.680. The first-order valence-corrected chi connectivity index (χ1v) is 4.47. The van der Waals surface area contributed by atoms with Gasteiger partial charge in [0.1, 0.15) is 5.82 Å². The molecule has 0 fully saturated rings. The van der Waals surface area contributed by atoms with Gasteiger partial charge in [0.05, 0.1) is 0 Å². The maximum Gasteiger partial charge on any atom is 0.327 e. The van der Waals surface area contributed by atoms with Crippen molar-refractivity contribution in [3.05, 3.63) is 52.2 Å². The smallest absolute Gasteiger partial charge is 0.327 e. The standard InChI is InChI=1S/C10H13N3O2/c1-3-5-13(6-4-2)8-7-9(14)12-10(15)11-8/h3-4,7H,1-2,5-6H2,(H2,11,12,14,15). The predicted molar refractivity (Wildman–Crippen MR) is 60.3 cm³/mol. The first-order chi connectivity index (χ1) is 7.17. The minimum Gasteiger partial charge on any atom is -0.350 e. The van der Waals surface area contributed by atoms with Gasteiger partial charge in [-0.1, -0.05) is 12.2 Å². The van der Waals surface area contributed by atoms with Crippen LogP contribution in [0.15, 0.2) is 41.0 Å². The van der Waals surface area contributed by atoms with Gasteiger partial charge in [0.2, 0.25) is 0 Å². The third kappa shape index (κ3) is 2.98. The molecule has 5 nitrogen and oxygen atoms in total. The van der Waals surface area contributed by atoms with Gasteiger partial charge in [0.25, 0.3) is 5.56 Å². The second-order valence-electron chi connectivity index (χ2n) is 2.96. The van der Waals surface area contributed by atoms with Crippen molar-refractivity contribution in [2.45, 2.75) is 0 Å². The van der Waals surface area contributed by atoms with Crippen molar-refractivity contribution in [3.8, 4) is 0 Å². The van der Waals surface area contributed by atoms with Crippen LogP contribution < -0.4 is 16.1 Å². The first kappa shape index (κ1) is 11.0. The van der Waals surface area contributed by atoms with Crippen molar-refractivity contribution in [1.29, 1.82) is 0 Å². The second-order valence-corrected chi connectivity index (χ2v) is 2.96. The highest BCUT2D eigenvalue weighted by atomic mass is 16.2. The summed E-state index contributed by atoms with van der Waals surface area (Å²) in [5.74, 6) is 0.462.